The van der Waals surface area contributed by atoms with Gasteiger partial charge in [0.2, 0.25) is 17.7 Å². The molecule has 7 nitrogen and oxygen atoms in total. The third kappa shape index (κ3) is 8.72. The van der Waals surface area contributed by atoms with E-state index >= 15 is 0 Å². The molecule has 9 heteroatoms. The van der Waals surface area contributed by atoms with E-state index in [1.807, 2.05) is 13.8 Å². The Balaban J connectivity index is 2.36. The topological polar surface area (TPSA) is 90.5 Å². The highest BCUT2D eigenvalue weighted by Gasteiger charge is 2.13. The van der Waals surface area contributed by atoms with Crippen LogP contribution in [0.2, 0.25) is 10.0 Å². The Bertz CT molecular complexity index is 638. The number of benzene rings is 1. The van der Waals surface area contributed by atoms with Crippen molar-refractivity contribution in [2.24, 2.45) is 0 Å². The van der Waals surface area contributed by atoms with Gasteiger partial charge in [-0.25, -0.2) is 0 Å². The van der Waals surface area contributed by atoms with Gasteiger partial charge in [0.05, 0.1) is 30.3 Å². The van der Waals surface area contributed by atoms with Gasteiger partial charge < -0.3 is 16.0 Å². The summed E-state index contributed by atoms with van der Waals surface area (Å²) in [6, 6.07) is 4.73. The van der Waals surface area contributed by atoms with Gasteiger partial charge in [0.1, 0.15) is 0 Å². The van der Waals surface area contributed by atoms with Crippen LogP contribution in [0.4, 0.5) is 5.69 Å². The SMILES string of the molecule is CC(C)NC(=O)CN(C)CC(=O)NCC(=O)Nc1cc(Cl)ccc1Cl. The van der Waals surface area contributed by atoms with E-state index in [9.17, 15) is 14.4 Å². The van der Waals surface area contributed by atoms with Crippen LogP contribution in [0.1, 0.15) is 13.8 Å². The first-order valence-electron chi connectivity index (χ1n) is 7.67. The van der Waals surface area contributed by atoms with Crippen molar-refractivity contribution in [2.75, 3.05) is 32.0 Å². The van der Waals surface area contributed by atoms with E-state index in [0.717, 1.165) is 0 Å². The highest BCUT2D eigenvalue weighted by Crippen LogP contribution is 2.25. The molecular formula is C16H22Cl2N4O3. The zero-order chi connectivity index (χ0) is 19.0. The smallest absolute Gasteiger partial charge is 0.243 e. The molecule has 0 aliphatic heterocycles. The van der Waals surface area contributed by atoms with Crippen LogP contribution in [0, 0.1) is 0 Å². The van der Waals surface area contributed by atoms with Gasteiger partial charge in [-0.2, -0.15) is 0 Å². The zero-order valence-corrected chi connectivity index (χ0v) is 15.9. The maximum atomic E-state index is 11.9. The van der Waals surface area contributed by atoms with E-state index in [1.54, 1.807) is 24.1 Å². The maximum Gasteiger partial charge on any atom is 0.243 e. The molecule has 3 amide bonds. The molecule has 0 spiro atoms. The van der Waals surface area contributed by atoms with Gasteiger partial charge in [0, 0.05) is 11.1 Å². The van der Waals surface area contributed by atoms with Gasteiger partial charge >= 0.3 is 0 Å². The summed E-state index contributed by atoms with van der Waals surface area (Å²) in [5, 5.41) is 8.56. The molecule has 0 radical (unpaired) electrons. The Labute approximate surface area is 157 Å². The van der Waals surface area contributed by atoms with Crippen molar-refractivity contribution in [1.82, 2.24) is 15.5 Å². The number of amides is 3. The number of likely N-dealkylation sites (N-methyl/N-ethyl adjacent to an activating group) is 1. The average molecular weight is 389 g/mol. The zero-order valence-electron chi connectivity index (χ0n) is 14.4. The first kappa shape index (κ1) is 21.2. The summed E-state index contributed by atoms with van der Waals surface area (Å²) in [5.74, 6) is -0.969. The van der Waals surface area contributed by atoms with E-state index in [2.05, 4.69) is 16.0 Å². The van der Waals surface area contributed by atoms with Crippen molar-refractivity contribution in [3.8, 4) is 0 Å². The number of hydrogen-bond acceptors (Lipinski definition) is 4. The quantitative estimate of drug-likeness (QED) is 0.629. The lowest BCUT2D eigenvalue weighted by Gasteiger charge is -2.17. The molecule has 1 aromatic carbocycles. The molecule has 1 aromatic rings. The molecule has 0 bridgehead atoms. The number of nitrogens with zero attached hydrogens (tertiary/aromatic N) is 1. The van der Waals surface area contributed by atoms with Crippen LogP contribution in [0.5, 0.6) is 0 Å². The van der Waals surface area contributed by atoms with Crippen LogP contribution < -0.4 is 16.0 Å². The van der Waals surface area contributed by atoms with Gasteiger partial charge in [-0.05, 0) is 39.1 Å². The number of halogens is 2. The lowest BCUT2D eigenvalue weighted by Crippen LogP contribution is -2.43. The third-order valence-corrected chi connectivity index (χ3v) is 3.49. The summed E-state index contributed by atoms with van der Waals surface area (Å²) >= 11 is 11.8. The van der Waals surface area contributed by atoms with Crippen LogP contribution in [0.25, 0.3) is 0 Å². The van der Waals surface area contributed by atoms with Crippen LogP contribution in [0.3, 0.4) is 0 Å². The molecule has 0 saturated heterocycles. The molecular weight excluding hydrogens is 367 g/mol. The Hall–Kier alpha value is -1.83. The molecule has 0 aromatic heterocycles. The number of rotatable bonds is 8. The van der Waals surface area contributed by atoms with Crippen molar-refractivity contribution in [3.63, 3.8) is 0 Å². The third-order valence-electron chi connectivity index (χ3n) is 2.93. The predicted octanol–water partition coefficient (Wildman–Crippen LogP) is 1.50. The molecule has 0 saturated carbocycles. The second-order valence-electron chi connectivity index (χ2n) is 5.84. The van der Waals surface area contributed by atoms with Crippen LogP contribution in [-0.4, -0.2) is 55.3 Å². The van der Waals surface area contributed by atoms with Crippen LogP contribution in [0.15, 0.2) is 18.2 Å². The van der Waals surface area contributed by atoms with Crippen molar-refractivity contribution in [3.05, 3.63) is 28.2 Å². The Kier molecular flexibility index (Phi) is 8.68. The second-order valence-corrected chi connectivity index (χ2v) is 6.69. The minimum absolute atomic E-state index is 0.00326. The normalized spacial score (nSPS) is 10.7. The van der Waals surface area contributed by atoms with Crippen LogP contribution >= 0.6 is 23.2 Å². The fourth-order valence-corrected chi connectivity index (χ4v) is 2.27. The van der Waals surface area contributed by atoms with E-state index in [1.165, 1.54) is 6.07 Å². The van der Waals surface area contributed by atoms with Crippen LogP contribution in [-0.2, 0) is 14.4 Å². The first-order chi connectivity index (χ1) is 11.7. The predicted molar refractivity (Wildman–Crippen MR) is 98.9 cm³/mol. The molecule has 0 fully saturated rings. The summed E-state index contributed by atoms with van der Waals surface area (Å²) in [6.45, 7) is 3.59. The Morgan fingerprint density at radius 1 is 1.08 bits per heavy atom. The summed E-state index contributed by atoms with van der Waals surface area (Å²) in [7, 11) is 1.64. The fourth-order valence-electron chi connectivity index (χ4n) is 1.94. The van der Waals surface area contributed by atoms with E-state index in [-0.39, 0.29) is 37.5 Å². The van der Waals surface area contributed by atoms with Gasteiger partial charge in [-0.3, -0.25) is 19.3 Å². The summed E-state index contributed by atoms with van der Waals surface area (Å²) in [4.78, 5) is 36.8. The highest BCUT2D eigenvalue weighted by atomic mass is 35.5. The molecule has 0 heterocycles. The molecule has 0 unspecified atom stereocenters. The molecule has 138 valence electrons. The van der Waals surface area contributed by atoms with Gasteiger partial charge in [0.25, 0.3) is 0 Å². The maximum absolute atomic E-state index is 11.9. The lowest BCUT2D eigenvalue weighted by molar-refractivity contribution is -0.126. The minimum Gasteiger partial charge on any atom is -0.353 e. The molecule has 25 heavy (non-hydrogen) atoms. The number of hydrogen-bond donors (Lipinski definition) is 3. The number of anilines is 1. The molecule has 0 aliphatic rings. The van der Waals surface area contributed by atoms with Crippen molar-refractivity contribution in [1.29, 1.82) is 0 Å². The average Bonchev–Trinajstić information content (AvgIpc) is 2.47. The van der Waals surface area contributed by atoms with Crippen molar-refractivity contribution >= 4 is 46.6 Å². The highest BCUT2D eigenvalue weighted by molar-refractivity contribution is 6.35. The van der Waals surface area contributed by atoms with Gasteiger partial charge in [-0.15, -0.1) is 0 Å². The minimum atomic E-state index is -0.433. The van der Waals surface area contributed by atoms with E-state index < -0.39 is 5.91 Å². The van der Waals surface area contributed by atoms with E-state index in [4.69, 9.17) is 23.2 Å². The molecule has 3 N–H and O–H groups in total. The van der Waals surface area contributed by atoms with Crippen molar-refractivity contribution < 1.29 is 14.4 Å². The van der Waals surface area contributed by atoms with Crippen molar-refractivity contribution in [2.45, 2.75) is 19.9 Å². The second kappa shape index (κ2) is 10.2. The standard InChI is InChI=1S/C16H22Cl2N4O3/c1-10(2)20-16(25)9-22(3)8-15(24)19-7-14(23)21-13-6-11(17)4-5-12(13)18/h4-6,10H,7-9H2,1-3H3,(H,19,24)(H,20,25)(H,21,23). The number of carbonyl (C=O) groups is 3. The molecule has 1 rings (SSSR count). The van der Waals surface area contributed by atoms with Gasteiger partial charge in [0.15, 0.2) is 0 Å². The number of carbonyl (C=O) groups excluding carboxylic acids is 3. The largest absolute Gasteiger partial charge is 0.353 e. The Morgan fingerprint density at radius 3 is 2.36 bits per heavy atom. The monoisotopic (exact) mass is 388 g/mol. The van der Waals surface area contributed by atoms with Gasteiger partial charge in [-0.1, -0.05) is 23.2 Å². The summed E-state index contributed by atoms with van der Waals surface area (Å²) < 4.78 is 0. The molecule has 0 aliphatic carbocycles. The first-order valence-corrected chi connectivity index (χ1v) is 8.42. The number of nitrogens with one attached hydrogen (secondary N) is 3. The Morgan fingerprint density at radius 2 is 1.72 bits per heavy atom. The summed E-state index contributed by atoms with van der Waals surface area (Å²) in [5.41, 5.74) is 0.371. The van der Waals surface area contributed by atoms with E-state index in [0.29, 0.717) is 15.7 Å². The fraction of sp³-hybridized carbons (Fsp3) is 0.438. The lowest BCUT2D eigenvalue weighted by atomic mass is 10.3. The summed E-state index contributed by atoms with van der Waals surface area (Å²) in [6.07, 6.45) is 0. The molecule has 0 atom stereocenters.